The van der Waals surface area contributed by atoms with E-state index in [0.717, 1.165) is 6.07 Å². The zero-order chi connectivity index (χ0) is 19.4. The Kier molecular flexibility index (Phi) is 5.25. The van der Waals surface area contributed by atoms with Crippen LogP contribution in [0.15, 0.2) is 48.7 Å². The van der Waals surface area contributed by atoms with E-state index in [4.69, 9.17) is 4.74 Å². The van der Waals surface area contributed by atoms with E-state index in [1.807, 2.05) is 0 Å². The highest BCUT2D eigenvalue weighted by atomic mass is 19.2. The fourth-order valence-electron chi connectivity index (χ4n) is 2.29. The second-order valence-corrected chi connectivity index (χ2v) is 5.59. The highest BCUT2D eigenvalue weighted by Gasteiger charge is 2.15. The number of ether oxygens (including phenoxy) is 1. The summed E-state index contributed by atoms with van der Waals surface area (Å²) in [6.07, 6.45) is 1.48. The molecule has 0 radical (unpaired) electrons. The molecule has 0 unspecified atom stereocenters. The molecule has 0 bridgehead atoms. The van der Waals surface area contributed by atoms with Crippen LogP contribution in [0.5, 0.6) is 11.6 Å². The number of benzene rings is 2. The summed E-state index contributed by atoms with van der Waals surface area (Å²) < 4.78 is 32.9. The number of amides is 1. The molecule has 138 valence electrons. The third-order valence-electron chi connectivity index (χ3n) is 3.69. The van der Waals surface area contributed by atoms with Crippen LogP contribution < -0.4 is 15.4 Å². The van der Waals surface area contributed by atoms with Crippen molar-refractivity contribution in [3.8, 4) is 11.6 Å². The first-order valence-corrected chi connectivity index (χ1v) is 8.03. The summed E-state index contributed by atoms with van der Waals surface area (Å²) >= 11 is 0. The van der Waals surface area contributed by atoms with E-state index >= 15 is 0 Å². The van der Waals surface area contributed by atoms with Gasteiger partial charge in [-0.15, -0.1) is 0 Å². The number of anilines is 2. The number of carbonyl (C=O) groups excluding carboxylic acids is 1. The predicted octanol–water partition coefficient (Wildman–Crippen LogP) is 3.96. The van der Waals surface area contributed by atoms with Gasteiger partial charge in [-0.2, -0.15) is 4.98 Å². The average molecular weight is 370 g/mol. The molecule has 0 spiro atoms. The summed E-state index contributed by atoms with van der Waals surface area (Å²) in [5, 5.41) is 5.15. The van der Waals surface area contributed by atoms with Gasteiger partial charge in [0.05, 0.1) is 11.3 Å². The van der Waals surface area contributed by atoms with Crippen molar-refractivity contribution in [2.24, 2.45) is 0 Å². The molecule has 0 fully saturated rings. The van der Waals surface area contributed by atoms with Gasteiger partial charge in [-0.3, -0.25) is 4.79 Å². The van der Waals surface area contributed by atoms with Gasteiger partial charge < -0.3 is 15.4 Å². The molecule has 2 N–H and O–H groups in total. The number of hydrogen-bond donors (Lipinski definition) is 2. The van der Waals surface area contributed by atoms with Gasteiger partial charge in [0, 0.05) is 18.8 Å². The van der Waals surface area contributed by atoms with Crippen molar-refractivity contribution < 1.29 is 18.3 Å². The second kappa shape index (κ2) is 7.77. The number of nitrogens with one attached hydrogen (secondary N) is 2. The van der Waals surface area contributed by atoms with E-state index in [-0.39, 0.29) is 23.4 Å². The van der Waals surface area contributed by atoms with Crippen LogP contribution in [0.4, 0.5) is 20.4 Å². The molecule has 0 aliphatic carbocycles. The first kappa shape index (κ1) is 18.2. The van der Waals surface area contributed by atoms with E-state index in [9.17, 15) is 13.6 Å². The minimum atomic E-state index is -1.03. The van der Waals surface area contributed by atoms with Crippen molar-refractivity contribution in [2.45, 2.75) is 6.92 Å². The van der Waals surface area contributed by atoms with E-state index in [1.54, 1.807) is 31.2 Å². The zero-order valence-corrected chi connectivity index (χ0v) is 14.6. The van der Waals surface area contributed by atoms with Gasteiger partial charge in [-0.1, -0.05) is 18.2 Å². The highest BCUT2D eigenvalue weighted by molar-refractivity contribution is 5.96. The Morgan fingerprint density at radius 3 is 2.67 bits per heavy atom. The minimum Gasteiger partial charge on any atom is -0.438 e. The number of aryl methyl sites for hydroxylation is 1. The first-order valence-electron chi connectivity index (χ1n) is 8.03. The van der Waals surface area contributed by atoms with Gasteiger partial charge in [0.2, 0.25) is 11.8 Å². The lowest BCUT2D eigenvalue weighted by Gasteiger charge is -2.12. The number of rotatable bonds is 5. The standard InChI is InChI=1S/C19H16F2N4O2/c1-11-10-23-19(24-14-8-5-7-13(20)16(14)21)25-18(11)27-15-9-4-3-6-12(15)17(26)22-2/h3-10H,1-2H3,(H,22,26)(H,23,24,25). The third-order valence-corrected chi connectivity index (χ3v) is 3.69. The molecule has 3 rings (SSSR count). The monoisotopic (exact) mass is 370 g/mol. The number of halogens is 2. The maximum atomic E-state index is 13.8. The van der Waals surface area contributed by atoms with Gasteiger partial charge in [-0.05, 0) is 31.2 Å². The molecule has 1 amide bonds. The van der Waals surface area contributed by atoms with Crippen molar-refractivity contribution in [3.05, 3.63) is 71.4 Å². The van der Waals surface area contributed by atoms with Crippen LogP contribution in [0.2, 0.25) is 0 Å². The van der Waals surface area contributed by atoms with Crippen molar-refractivity contribution in [2.75, 3.05) is 12.4 Å². The summed E-state index contributed by atoms with van der Waals surface area (Å²) in [5.74, 6) is -1.81. The van der Waals surface area contributed by atoms with Crippen LogP contribution in [-0.4, -0.2) is 22.9 Å². The second-order valence-electron chi connectivity index (χ2n) is 5.59. The summed E-state index contributed by atoms with van der Waals surface area (Å²) in [4.78, 5) is 20.2. The molecule has 0 aliphatic heterocycles. The molecule has 3 aromatic rings. The smallest absolute Gasteiger partial charge is 0.254 e. The molecule has 1 aromatic heterocycles. The third kappa shape index (κ3) is 4.00. The molecule has 0 aliphatic rings. The maximum Gasteiger partial charge on any atom is 0.254 e. The van der Waals surface area contributed by atoms with Crippen LogP contribution in [0.3, 0.4) is 0 Å². The topological polar surface area (TPSA) is 76.1 Å². The van der Waals surface area contributed by atoms with Gasteiger partial charge in [0.1, 0.15) is 5.75 Å². The number of aromatic nitrogens is 2. The minimum absolute atomic E-state index is 0.0255. The summed E-state index contributed by atoms with van der Waals surface area (Å²) in [6, 6.07) is 10.4. The van der Waals surface area contributed by atoms with Gasteiger partial charge in [0.15, 0.2) is 11.6 Å². The number of nitrogens with zero attached hydrogens (tertiary/aromatic N) is 2. The molecule has 0 atom stereocenters. The number of para-hydroxylation sites is 1. The largest absolute Gasteiger partial charge is 0.438 e. The van der Waals surface area contributed by atoms with Crippen LogP contribution in [-0.2, 0) is 0 Å². The molecular weight excluding hydrogens is 354 g/mol. The van der Waals surface area contributed by atoms with E-state index < -0.39 is 11.6 Å². The van der Waals surface area contributed by atoms with Crippen LogP contribution in [0.25, 0.3) is 0 Å². The molecule has 1 heterocycles. The first-order chi connectivity index (χ1) is 13.0. The quantitative estimate of drug-likeness (QED) is 0.711. The Balaban J connectivity index is 1.91. The highest BCUT2D eigenvalue weighted by Crippen LogP contribution is 2.28. The zero-order valence-electron chi connectivity index (χ0n) is 14.6. The van der Waals surface area contributed by atoms with Crippen molar-refractivity contribution in [3.63, 3.8) is 0 Å². The molecule has 8 heteroatoms. The van der Waals surface area contributed by atoms with Crippen molar-refractivity contribution >= 4 is 17.5 Å². The van der Waals surface area contributed by atoms with Crippen LogP contribution in [0.1, 0.15) is 15.9 Å². The molecule has 6 nitrogen and oxygen atoms in total. The summed E-state index contributed by atoms with van der Waals surface area (Å²) in [7, 11) is 1.52. The van der Waals surface area contributed by atoms with Gasteiger partial charge >= 0.3 is 0 Å². The number of carbonyl (C=O) groups is 1. The molecule has 0 saturated carbocycles. The Labute approximate surface area is 154 Å². The van der Waals surface area contributed by atoms with Gasteiger partial charge in [0.25, 0.3) is 5.91 Å². The Morgan fingerprint density at radius 2 is 1.89 bits per heavy atom. The van der Waals surface area contributed by atoms with E-state index in [2.05, 4.69) is 20.6 Å². The Bertz CT molecular complexity index is 995. The SMILES string of the molecule is CNC(=O)c1ccccc1Oc1nc(Nc2cccc(F)c2F)ncc1C. The normalized spacial score (nSPS) is 10.4. The Hall–Kier alpha value is -3.55. The van der Waals surface area contributed by atoms with E-state index in [0.29, 0.717) is 16.9 Å². The average Bonchev–Trinajstić information content (AvgIpc) is 2.68. The van der Waals surface area contributed by atoms with E-state index in [1.165, 1.54) is 25.4 Å². The van der Waals surface area contributed by atoms with Crippen molar-refractivity contribution in [1.82, 2.24) is 15.3 Å². The predicted molar refractivity (Wildman–Crippen MR) is 96.3 cm³/mol. The lowest BCUT2D eigenvalue weighted by molar-refractivity contribution is 0.0960. The fraction of sp³-hybridized carbons (Fsp3) is 0.105. The molecular formula is C19H16F2N4O2. The summed E-state index contributed by atoms with van der Waals surface area (Å²) in [5.41, 5.74) is 0.839. The molecule has 27 heavy (non-hydrogen) atoms. The van der Waals surface area contributed by atoms with Crippen LogP contribution in [0, 0.1) is 18.6 Å². The summed E-state index contributed by atoms with van der Waals surface area (Å²) in [6.45, 7) is 1.73. The number of hydrogen-bond acceptors (Lipinski definition) is 5. The lowest BCUT2D eigenvalue weighted by atomic mass is 10.2. The Morgan fingerprint density at radius 1 is 1.11 bits per heavy atom. The fourth-order valence-corrected chi connectivity index (χ4v) is 2.29. The maximum absolute atomic E-state index is 13.8. The molecule has 2 aromatic carbocycles. The van der Waals surface area contributed by atoms with Crippen molar-refractivity contribution in [1.29, 1.82) is 0 Å². The molecule has 0 saturated heterocycles. The lowest BCUT2D eigenvalue weighted by Crippen LogP contribution is -2.18. The van der Waals surface area contributed by atoms with Gasteiger partial charge in [-0.25, -0.2) is 13.8 Å². The van der Waals surface area contributed by atoms with Crippen LogP contribution >= 0.6 is 0 Å².